The summed E-state index contributed by atoms with van der Waals surface area (Å²) in [5.74, 6) is 0. The highest BCUT2D eigenvalue weighted by Gasteiger charge is 2.18. The topological polar surface area (TPSA) is 20.3 Å². The van der Waals surface area contributed by atoms with E-state index in [4.69, 9.17) is 0 Å². The summed E-state index contributed by atoms with van der Waals surface area (Å²) in [6, 6.07) is 0.218. The van der Waals surface area contributed by atoms with Gasteiger partial charge in [-0.25, -0.2) is 0 Å². The Hall–Kier alpha value is -0.370. The molecule has 2 nitrogen and oxygen atoms in total. The highest BCUT2D eigenvalue weighted by molar-refractivity contribution is 5.57. The van der Waals surface area contributed by atoms with Crippen molar-refractivity contribution in [3.63, 3.8) is 0 Å². The second-order valence-corrected chi connectivity index (χ2v) is 2.33. The Morgan fingerprint density at radius 1 is 1.50 bits per heavy atom. The predicted molar refractivity (Wildman–Crippen MR) is 43.1 cm³/mol. The van der Waals surface area contributed by atoms with Crippen LogP contribution in [0.2, 0.25) is 0 Å². The molecule has 1 aliphatic heterocycles. The minimum absolute atomic E-state index is 0.218. The summed E-state index contributed by atoms with van der Waals surface area (Å²) in [6.07, 6.45) is 3.27. The van der Waals surface area contributed by atoms with Crippen LogP contribution in [0.1, 0.15) is 26.7 Å². The molecule has 1 aliphatic rings. The summed E-state index contributed by atoms with van der Waals surface area (Å²) in [5, 5.41) is 0. The van der Waals surface area contributed by atoms with Gasteiger partial charge in [-0.2, -0.15) is 0 Å². The van der Waals surface area contributed by atoms with Gasteiger partial charge in [0.25, 0.3) is 0 Å². The van der Waals surface area contributed by atoms with Gasteiger partial charge in [-0.1, -0.05) is 13.8 Å². The lowest BCUT2D eigenvalue weighted by Crippen LogP contribution is -2.25. The molecular weight excluding hydrogens is 126 g/mol. The van der Waals surface area contributed by atoms with Crippen molar-refractivity contribution >= 4 is 6.29 Å². The number of nitrogens with zero attached hydrogens (tertiary/aromatic N) is 1. The van der Waals surface area contributed by atoms with Crippen molar-refractivity contribution in [2.75, 3.05) is 13.6 Å². The van der Waals surface area contributed by atoms with Crippen molar-refractivity contribution in [3.8, 4) is 0 Å². The Bertz CT molecular complexity index is 93.3. The van der Waals surface area contributed by atoms with E-state index in [0.717, 1.165) is 19.3 Å². The number of hydrogen-bond donors (Lipinski definition) is 0. The molecule has 10 heavy (non-hydrogen) atoms. The summed E-state index contributed by atoms with van der Waals surface area (Å²) >= 11 is 0. The lowest BCUT2D eigenvalue weighted by molar-refractivity contribution is -0.111. The number of carbonyl (C=O) groups is 1. The second-order valence-electron chi connectivity index (χ2n) is 2.33. The van der Waals surface area contributed by atoms with Crippen LogP contribution >= 0.6 is 0 Å². The first-order valence-electron chi connectivity index (χ1n) is 4.00. The van der Waals surface area contributed by atoms with Crippen molar-refractivity contribution in [2.24, 2.45) is 0 Å². The minimum Gasteiger partial charge on any atom is -0.302 e. The van der Waals surface area contributed by atoms with E-state index in [2.05, 4.69) is 4.90 Å². The molecule has 0 amide bonds. The van der Waals surface area contributed by atoms with Gasteiger partial charge in [-0.3, -0.25) is 4.90 Å². The minimum atomic E-state index is 0.218. The van der Waals surface area contributed by atoms with Crippen molar-refractivity contribution in [1.82, 2.24) is 4.90 Å². The average molecular weight is 143 g/mol. The van der Waals surface area contributed by atoms with E-state index in [1.54, 1.807) is 0 Å². The maximum atomic E-state index is 10.2. The zero-order valence-electron chi connectivity index (χ0n) is 7.13. The molecule has 1 fully saturated rings. The summed E-state index contributed by atoms with van der Waals surface area (Å²) in [7, 11) is 1.99. The Morgan fingerprint density at radius 3 is 2.30 bits per heavy atom. The summed E-state index contributed by atoms with van der Waals surface area (Å²) in [6.45, 7) is 5.09. The number of likely N-dealkylation sites (tertiary alicyclic amines) is 1. The molecule has 0 N–H and O–H groups in total. The Labute approximate surface area is 63.2 Å². The Balaban J connectivity index is 0.000000371. The standard InChI is InChI=1S/C6H11NO.C2H6/c1-7-4-2-3-6(7)5-8;1-2/h5-6H,2-4H2,1H3;1-2H3. The number of hydrogen-bond acceptors (Lipinski definition) is 2. The summed E-state index contributed by atoms with van der Waals surface area (Å²) in [4.78, 5) is 12.3. The molecule has 0 aromatic carbocycles. The lowest BCUT2D eigenvalue weighted by Gasteiger charge is -2.10. The normalized spacial score (nSPS) is 25.3. The van der Waals surface area contributed by atoms with Crippen LogP contribution in [0.3, 0.4) is 0 Å². The molecule has 1 saturated heterocycles. The van der Waals surface area contributed by atoms with E-state index in [0.29, 0.717) is 0 Å². The molecule has 1 unspecified atom stereocenters. The molecule has 0 spiro atoms. The largest absolute Gasteiger partial charge is 0.302 e. The van der Waals surface area contributed by atoms with Crippen LogP contribution in [-0.4, -0.2) is 30.8 Å². The molecule has 0 aromatic heterocycles. The molecular formula is C8H17NO. The van der Waals surface area contributed by atoms with Crippen molar-refractivity contribution in [3.05, 3.63) is 0 Å². The van der Waals surface area contributed by atoms with Gasteiger partial charge in [0.2, 0.25) is 0 Å². The van der Waals surface area contributed by atoms with E-state index < -0.39 is 0 Å². The molecule has 1 atom stereocenters. The average Bonchev–Trinajstić information content (AvgIpc) is 2.39. The smallest absolute Gasteiger partial charge is 0.137 e. The maximum absolute atomic E-state index is 10.2. The number of carbonyl (C=O) groups excluding carboxylic acids is 1. The monoisotopic (exact) mass is 143 g/mol. The van der Waals surface area contributed by atoms with Crippen LogP contribution < -0.4 is 0 Å². The number of aldehydes is 1. The fourth-order valence-corrected chi connectivity index (χ4v) is 1.11. The first-order valence-corrected chi connectivity index (χ1v) is 4.00. The quantitative estimate of drug-likeness (QED) is 0.516. The third kappa shape index (κ3) is 2.48. The summed E-state index contributed by atoms with van der Waals surface area (Å²) in [5.41, 5.74) is 0. The van der Waals surface area contributed by atoms with E-state index in [9.17, 15) is 4.79 Å². The zero-order valence-corrected chi connectivity index (χ0v) is 7.13. The van der Waals surface area contributed by atoms with E-state index in [-0.39, 0.29) is 6.04 Å². The first kappa shape index (κ1) is 9.63. The molecule has 1 heterocycles. The molecule has 0 bridgehead atoms. The molecule has 0 aromatic rings. The fourth-order valence-electron chi connectivity index (χ4n) is 1.11. The second kappa shape index (κ2) is 5.42. The zero-order chi connectivity index (χ0) is 7.98. The summed E-state index contributed by atoms with van der Waals surface area (Å²) < 4.78 is 0. The Morgan fingerprint density at radius 2 is 2.10 bits per heavy atom. The van der Waals surface area contributed by atoms with Gasteiger partial charge in [0, 0.05) is 0 Å². The SMILES string of the molecule is CC.CN1CCCC1C=O. The van der Waals surface area contributed by atoms with Crippen LogP contribution in [0.15, 0.2) is 0 Å². The lowest BCUT2D eigenvalue weighted by atomic mass is 10.2. The molecule has 1 rings (SSSR count). The maximum Gasteiger partial charge on any atom is 0.137 e. The predicted octanol–water partition coefficient (Wildman–Crippen LogP) is 1.31. The van der Waals surface area contributed by atoms with Gasteiger partial charge in [-0.05, 0) is 26.4 Å². The van der Waals surface area contributed by atoms with E-state index in [1.165, 1.54) is 6.42 Å². The third-order valence-electron chi connectivity index (χ3n) is 1.73. The van der Waals surface area contributed by atoms with Crippen LogP contribution in [0.25, 0.3) is 0 Å². The number of rotatable bonds is 1. The van der Waals surface area contributed by atoms with E-state index >= 15 is 0 Å². The molecule has 0 aliphatic carbocycles. The first-order chi connectivity index (χ1) is 4.84. The third-order valence-corrected chi connectivity index (χ3v) is 1.73. The van der Waals surface area contributed by atoms with Crippen molar-refractivity contribution in [2.45, 2.75) is 32.7 Å². The van der Waals surface area contributed by atoms with Crippen LogP contribution in [0, 0.1) is 0 Å². The van der Waals surface area contributed by atoms with Gasteiger partial charge in [-0.15, -0.1) is 0 Å². The molecule has 0 saturated carbocycles. The van der Waals surface area contributed by atoms with E-state index in [1.807, 2.05) is 20.9 Å². The van der Waals surface area contributed by atoms with Crippen molar-refractivity contribution in [1.29, 1.82) is 0 Å². The van der Waals surface area contributed by atoms with Gasteiger partial charge in [0.1, 0.15) is 6.29 Å². The molecule has 0 radical (unpaired) electrons. The molecule has 60 valence electrons. The highest BCUT2D eigenvalue weighted by Crippen LogP contribution is 2.11. The van der Waals surface area contributed by atoms with Gasteiger partial charge >= 0.3 is 0 Å². The molecule has 2 heteroatoms. The van der Waals surface area contributed by atoms with Crippen LogP contribution in [0.4, 0.5) is 0 Å². The highest BCUT2D eigenvalue weighted by atomic mass is 16.1. The van der Waals surface area contributed by atoms with Gasteiger partial charge in [0.05, 0.1) is 6.04 Å². The van der Waals surface area contributed by atoms with Crippen LogP contribution in [-0.2, 0) is 4.79 Å². The number of likely N-dealkylation sites (N-methyl/N-ethyl adjacent to an activating group) is 1. The van der Waals surface area contributed by atoms with Crippen molar-refractivity contribution < 1.29 is 4.79 Å². The van der Waals surface area contributed by atoms with Gasteiger partial charge in [0.15, 0.2) is 0 Å². The van der Waals surface area contributed by atoms with Gasteiger partial charge < -0.3 is 4.79 Å². The van der Waals surface area contributed by atoms with Crippen LogP contribution in [0.5, 0.6) is 0 Å². The Kier molecular flexibility index (Phi) is 5.22. The fraction of sp³-hybridized carbons (Fsp3) is 0.875.